The van der Waals surface area contributed by atoms with Crippen LogP contribution in [0.1, 0.15) is 5.01 Å². The van der Waals surface area contributed by atoms with E-state index in [0.29, 0.717) is 10.5 Å². The Morgan fingerprint density at radius 1 is 1.28 bits per heavy atom. The Labute approximate surface area is 148 Å². The van der Waals surface area contributed by atoms with Gasteiger partial charge >= 0.3 is 0 Å². The van der Waals surface area contributed by atoms with Gasteiger partial charge in [-0.2, -0.15) is 5.10 Å². The SMILES string of the molecule is CN(C)CCc1nnc(NC(=O)Cn2ncc3ccccc3c2=O)s1. The molecule has 0 spiro atoms. The first-order chi connectivity index (χ1) is 12.0. The van der Waals surface area contributed by atoms with Gasteiger partial charge in [0.15, 0.2) is 0 Å². The van der Waals surface area contributed by atoms with E-state index in [1.54, 1.807) is 18.3 Å². The molecule has 0 unspecified atom stereocenters. The molecule has 130 valence electrons. The number of aromatic nitrogens is 4. The largest absolute Gasteiger partial charge is 0.309 e. The summed E-state index contributed by atoms with van der Waals surface area (Å²) in [5, 5.41) is 17.3. The monoisotopic (exact) mass is 358 g/mol. The maximum absolute atomic E-state index is 12.4. The van der Waals surface area contributed by atoms with Crippen molar-refractivity contribution in [3.05, 3.63) is 45.8 Å². The third kappa shape index (κ3) is 4.25. The minimum atomic E-state index is -0.361. The third-order valence-corrected chi connectivity index (χ3v) is 4.44. The fourth-order valence-electron chi connectivity index (χ4n) is 2.26. The molecule has 0 atom stereocenters. The van der Waals surface area contributed by atoms with Crippen molar-refractivity contribution < 1.29 is 4.79 Å². The first-order valence-electron chi connectivity index (χ1n) is 7.75. The number of hydrogen-bond donors (Lipinski definition) is 1. The zero-order valence-electron chi connectivity index (χ0n) is 14.0. The molecule has 2 heterocycles. The minimum absolute atomic E-state index is 0.170. The summed E-state index contributed by atoms with van der Waals surface area (Å²) in [6, 6.07) is 7.15. The van der Waals surface area contributed by atoms with E-state index in [9.17, 15) is 9.59 Å². The molecule has 0 saturated carbocycles. The van der Waals surface area contributed by atoms with Crippen LogP contribution >= 0.6 is 11.3 Å². The van der Waals surface area contributed by atoms with Crippen LogP contribution in [0, 0.1) is 0 Å². The molecule has 3 aromatic rings. The highest BCUT2D eigenvalue weighted by Crippen LogP contribution is 2.15. The van der Waals surface area contributed by atoms with E-state index in [-0.39, 0.29) is 18.0 Å². The smallest absolute Gasteiger partial charge is 0.275 e. The average molecular weight is 358 g/mol. The number of nitrogens with zero attached hydrogens (tertiary/aromatic N) is 5. The number of carbonyl (C=O) groups excluding carboxylic acids is 1. The number of carbonyl (C=O) groups is 1. The molecular formula is C16H18N6O2S. The highest BCUT2D eigenvalue weighted by molar-refractivity contribution is 7.15. The Bertz CT molecular complexity index is 949. The normalized spacial score (nSPS) is 11.2. The molecular weight excluding hydrogens is 340 g/mol. The molecule has 25 heavy (non-hydrogen) atoms. The fourth-order valence-corrected chi connectivity index (χ4v) is 3.00. The maximum Gasteiger partial charge on any atom is 0.275 e. The lowest BCUT2D eigenvalue weighted by Crippen LogP contribution is -2.29. The summed E-state index contributed by atoms with van der Waals surface area (Å²) < 4.78 is 1.14. The summed E-state index contributed by atoms with van der Waals surface area (Å²) in [5.41, 5.74) is -0.294. The zero-order chi connectivity index (χ0) is 17.8. The van der Waals surface area contributed by atoms with Crippen molar-refractivity contribution in [3.8, 4) is 0 Å². The van der Waals surface area contributed by atoms with E-state index in [1.165, 1.54) is 11.3 Å². The molecule has 1 N–H and O–H groups in total. The topological polar surface area (TPSA) is 93.0 Å². The lowest BCUT2D eigenvalue weighted by molar-refractivity contribution is -0.117. The van der Waals surface area contributed by atoms with Gasteiger partial charge in [0.1, 0.15) is 11.6 Å². The highest BCUT2D eigenvalue weighted by Gasteiger charge is 2.11. The number of fused-ring (bicyclic) bond motifs is 1. The first-order valence-corrected chi connectivity index (χ1v) is 8.56. The van der Waals surface area contributed by atoms with Gasteiger partial charge in [0.2, 0.25) is 11.0 Å². The van der Waals surface area contributed by atoms with Gasteiger partial charge in [-0.15, -0.1) is 10.2 Å². The van der Waals surface area contributed by atoms with Crippen molar-refractivity contribution in [2.24, 2.45) is 0 Å². The van der Waals surface area contributed by atoms with Crippen molar-refractivity contribution in [1.82, 2.24) is 24.9 Å². The second kappa shape index (κ2) is 7.49. The molecule has 0 aliphatic rings. The van der Waals surface area contributed by atoms with Crippen LogP contribution in [-0.4, -0.2) is 51.4 Å². The summed E-state index contributed by atoms with van der Waals surface area (Å²) in [4.78, 5) is 26.6. The van der Waals surface area contributed by atoms with Crippen LogP contribution in [0.3, 0.4) is 0 Å². The molecule has 1 amide bonds. The van der Waals surface area contributed by atoms with E-state index >= 15 is 0 Å². The van der Waals surface area contributed by atoms with Gasteiger partial charge in [0.25, 0.3) is 5.56 Å². The van der Waals surface area contributed by atoms with Gasteiger partial charge in [-0.1, -0.05) is 29.5 Å². The van der Waals surface area contributed by atoms with Gasteiger partial charge in [-0.25, -0.2) is 4.68 Å². The summed E-state index contributed by atoms with van der Waals surface area (Å²) in [6.07, 6.45) is 2.35. The van der Waals surface area contributed by atoms with Crippen molar-refractivity contribution in [2.45, 2.75) is 13.0 Å². The van der Waals surface area contributed by atoms with E-state index in [0.717, 1.165) is 28.0 Å². The Morgan fingerprint density at radius 3 is 2.88 bits per heavy atom. The van der Waals surface area contributed by atoms with Crippen LogP contribution in [0.5, 0.6) is 0 Å². The first kappa shape index (κ1) is 17.2. The number of hydrogen-bond acceptors (Lipinski definition) is 7. The van der Waals surface area contributed by atoms with Crippen LogP contribution in [0.15, 0.2) is 35.3 Å². The molecule has 9 heteroatoms. The zero-order valence-corrected chi connectivity index (χ0v) is 14.8. The van der Waals surface area contributed by atoms with Gasteiger partial charge < -0.3 is 4.90 Å². The second-order valence-corrected chi connectivity index (χ2v) is 6.86. The molecule has 0 saturated heterocycles. The Hall–Kier alpha value is -2.65. The molecule has 0 aliphatic carbocycles. The van der Waals surface area contributed by atoms with Crippen molar-refractivity contribution in [3.63, 3.8) is 0 Å². The average Bonchev–Trinajstić information content (AvgIpc) is 3.03. The molecule has 0 radical (unpaired) electrons. The van der Waals surface area contributed by atoms with Gasteiger partial charge in [-0.3, -0.25) is 14.9 Å². The molecule has 0 fully saturated rings. The molecule has 3 rings (SSSR count). The van der Waals surface area contributed by atoms with Crippen molar-refractivity contribution in [2.75, 3.05) is 26.0 Å². The predicted molar refractivity (Wildman–Crippen MR) is 96.8 cm³/mol. The molecule has 1 aromatic carbocycles. The standard InChI is InChI=1S/C16H18N6O2S/c1-21(2)8-7-14-19-20-16(25-14)18-13(23)10-22-15(24)12-6-4-3-5-11(12)9-17-22/h3-6,9H,7-8,10H2,1-2H3,(H,18,20,23). The maximum atomic E-state index is 12.4. The summed E-state index contributed by atoms with van der Waals surface area (Å²) in [5.74, 6) is -0.361. The van der Waals surface area contributed by atoms with Crippen LogP contribution < -0.4 is 10.9 Å². The van der Waals surface area contributed by atoms with Crippen LogP contribution in [-0.2, 0) is 17.8 Å². The van der Waals surface area contributed by atoms with Crippen LogP contribution in [0.4, 0.5) is 5.13 Å². The predicted octanol–water partition coefficient (Wildman–Crippen LogP) is 0.991. The number of nitrogens with one attached hydrogen (secondary N) is 1. The van der Waals surface area contributed by atoms with Crippen molar-refractivity contribution >= 4 is 33.1 Å². The third-order valence-electron chi connectivity index (χ3n) is 3.54. The van der Waals surface area contributed by atoms with Gasteiger partial charge in [-0.05, 0) is 20.2 Å². The van der Waals surface area contributed by atoms with E-state index in [4.69, 9.17) is 0 Å². The van der Waals surface area contributed by atoms with Crippen LogP contribution in [0.25, 0.3) is 10.8 Å². The lowest BCUT2D eigenvalue weighted by Gasteiger charge is -2.06. The van der Waals surface area contributed by atoms with E-state index < -0.39 is 0 Å². The molecule has 2 aromatic heterocycles. The van der Waals surface area contributed by atoms with Crippen LogP contribution in [0.2, 0.25) is 0 Å². The number of benzene rings is 1. The molecule has 0 bridgehead atoms. The number of rotatable bonds is 6. The minimum Gasteiger partial charge on any atom is -0.309 e. The summed E-state index contributed by atoms with van der Waals surface area (Å²) >= 11 is 1.33. The Balaban J connectivity index is 1.67. The lowest BCUT2D eigenvalue weighted by atomic mass is 10.2. The van der Waals surface area contributed by atoms with Gasteiger partial charge in [0.05, 0.1) is 11.6 Å². The van der Waals surface area contributed by atoms with E-state index in [2.05, 4.69) is 25.5 Å². The summed E-state index contributed by atoms with van der Waals surface area (Å²) in [6.45, 7) is 0.690. The number of likely N-dealkylation sites (N-methyl/N-ethyl adjacent to an activating group) is 1. The Morgan fingerprint density at radius 2 is 2.08 bits per heavy atom. The fraction of sp³-hybridized carbons (Fsp3) is 0.312. The molecule has 8 nitrogen and oxygen atoms in total. The number of anilines is 1. The highest BCUT2D eigenvalue weighted by atomic mass is 32.1. The molecule has 0 aliphatic heterocycles. The quantitative estimate of drug-likeness (QED) is 0.706. The van der Waals surface area contributed by atoms with Crippen molar-refractivity contribution in [1.29, 1.82) is 0 Å². The Kier molecular flexibility index (Phi) is 5.15. The second-order valence-electron chi connectivity index (χ2n) is 5.80. The van der Waals surface area contributed by atoms with Gasteiger partial charge in [0, 0.05) is 18.4 Å². The van der Waals surface area contributed by atoms with E-state index in [1.807, 2.05) is 26.2 Å². The summed E-state index contributed by atoms with van der Waals surface area (Å²) in [7, 11) is 3.97. The number of amides is 1.